The lowest BCUT2D eigenvalue weighted by Gasteiger charge is -2.12. The largest absolute Gasteiger partial charge is 0.478 e. The summed E-state index contributed by atoms with van der Waals surface area (Å²) in [5, 5.41) is 21.3. The molecule has 0 atom stereocenters. The zero-order valence-electron chi connectivity index (χ0n) is 30.2. The van der Waals surface area contributed by atoms with Crippen LogP contribution in [0, 0.1) is 11.6 Å². The second kappa shape index (κ2) is 14.5. The first kappa shape index (κ1) is 36.3. The topological polar surface area (TPSA) is 110 Å². The summed E-state index contributed by atoms with van der Waals surface area (Å²) < 4.78 is 33.0. The first-order valence-electron chi connectivity index (χ1n) is 18.1. The molecule has 0 aliphatic heterocycles. The zero-order chi connectivity index (χ0) is 38.5. The number of carboxylic acid groups (broad SMARTS) is 2. The maximum atomic E-state index is 14.6. The van der Waals surface area contributed by atoms with E-state index in [0.29, 0.717) is 52.8 Å². The smallest absolute Gasteiger partial charge is 0.337 e. The zero-order valence-corrected chi connectivity index (χ0v) is 31.8. The number of benzene rings is 3. The van der Waals surface area contributed by atoms with Crippen molar-refractivity contribution in [3.63, 3.8) is 0 Å². The molecule has 278 valence electrons. The number of hydrogen-bond donors (Lipinski definition) is 2. The van der Waals surface area contributed by atoms with Crippen molar-refractivity contribution in [3.8, 4) is 11.1 Å². The number of aryl methyl sites for hydroxylation is 2. The Hall–Kier alpha value is -5.68. The summed E-state index contributed by atoms with van der Waals surface area (Å²) in [5.41, 5.74) is 8.38. The number of rotatable bonds is 9. The molecular formula is C44H37BrF2N4O4. The summed E-state index contributed by atoms with van der Waals surface area (Å²) >= 11 is 3.62. The maximum absolute atomic E-state index is 14.6. The molecular weight excluding hydrogens is 766 g/mol. The monoisotopic (exact) mass is 802 g/mol. The van der Waals surface area contributed by atoms with Crippen LogP contribution >= 0.6 is 15.9 Å². The molecule has 8 nitrogen and oxygen atoms in total. The summed E-state index contributed by atoms with van der Waals surface area (Å²) in [5.74, 6) is -2.27. The fourth-order valence-corrected chi connectivity index (χ4v) is 8.21. The Labute approximate surface area is 324 Å². The molecule has 0 unspecified atom stereocenters. The molecule has 0 bridgehead atoms. The highest BCUT2D eigenvalue weighted by Gasteiger charge is 2.27. The van der Waals surface area contributed by atoms with E-state index in [-0.39, 0.29) is 5.56 Å². The van der Waals surface area contributed by atoms with Gasteiger partial charge in [0.2, 0.25) is 0 Å². The van der Waals surface area contributed by atoms with Gasteiger partial charge in [-0.3, -0.25) is 9.97 Å². The summed E-state index contributed by atoms with van der Waals surface area (Å²) in [6, 6.07) is 19.0. The summed E-state index contributed by atoms with van der Waals surface area (Å²) in [6.07, 6.45) is 12.7. The highest BCUT2D eigenvalue weighted by atomic mass is 79.9. The number of hydrogen-bond acceptors (Lipinski definition) is 4. The van der Waals surface area contributed by atoms with Crippen molar-refractivity contribution in [3.05, 3.63) is 152 Å². The minimum Gasteiger partial charge on any atom is -0.478 e. The molecule has 9 rings (SSSR count). The number of carboxylic acids is 2. The van der Waals surface area contributed by atoms with Gasteiger partial charge in [0, 0.05) is 84.2 Å². The Bertz CT molecular complexity index is 2660. The van der Waals surface area contributed by atoms with E-state index in [1.54, 1.807) is 18.3 Å². The number of fused-ring (bicyclic) bond motifs is 2. The van der Waals surface area contributed by atoms with Gasteiger partial charge in [-0.2, -0.15) is 0 Å². The first-order valence-corrected chi connectivity index (χ1v) is 18.9. The third-order valence-electron chi connectivity index (χ3n) is 10.5. The van der Waals surface area contributed by atoms with Gasteiger partial charge in [-0.05, 0) is 136 Å². The molecule has 2 aliphatic carbocycles. The van der Waals surface area contributed by atoms with Gasteiger partial charge in [0.15, 0.2) is 0 Å². The molecule has 2 N–H and O–H groups in total. The third-order valence-corrected chi connectivity index (χ3v) is 11.1. The SMILES string of the molecule is Cn1ccc2cc(Cc3ncc(C4CC4)cc3C(=O)O)cc(-c3ccc(F)cc3F)c21.Cn1ccc2cc(Cc3ncc(C4CC4)cc3C(=O)O)cc(Br)c21. The quantitative estimate of drug-likeness (QED) is 0.150. The van der Waals surface area contributed by atoms with E-state index < -0.39 is 23.6 Å². The molecule has 55 heavy (non-hydrogen) atoms. The summed E-state index contributed by atoms with van der Waals surface area (Å²) in [4.78, 5) is 32.4. The van der Waals surface area contributed by atoms with Crippen LogP contribution in [0.3, 0.4) is 0 Å². The van der Waals surface area contributed by atoms with Crippen LogP contribution in [0.1, 0.15) is 91.9 Å². The molecule has 2 aliphatic rings. The van der Waals surface area contributed by atoms with Gasteiger partial charge in [-0.1, -0.05) is 0 Å². The molecule has 0 spiro atoms. The molecule has 3 aromatic carbocycles. The molecule has 0 amide bonds. The molecule has 4 aromatic heterocycles. The lowest BCUT2D eigenvalue weighted by atomic mass is 9.96. The van der Waals surface area contributed by atoms with E-state index >= 15 is 0 Å². The van der Waals surface area contributed by atoms with Crippen LogP contribution in [0.25, 0.3) is 32.9 Å². The van der Waals surface area contributed by atoms with Gasteiger partial charge < -0.3 is 19.3 Å². The lowest BCUT2D eigenvalue weighted by molar-refractivity contribution is 0.0684. The fourth-order valence-electron chi connectivity index (χ4n) is 7.41. The average Bonchev–Trinajstić information content (AvgIpc) is 4.09. The summed E-state index contributed by atoms with van der Waals surface area (Å²) in [7, 11) is 3.88. The minimum absolute atomic E-state index is 0.201. The van der Waals surface area contributed by atoms with Crippen molar-refractivity contribution in [2.45, 2.75) is 50.4 Å². The van der Waals surface area contributed by atoms with Gasteiger partial charge in [0.25, 0.3) is 0 Å². The molecule has 4 heterocycles. The van der Waals surface area contributed by atoms with Crippen LogP contribution in [0.2, 0.25) is 0 Å². The Morgan fingerprint density at radius 1 is 0.691 bits per heavy atom. The summed E-state index contributed by atoms with van der Waals surface area (Å²) in [6.45, 7) is 0. The van der Waals surface area contributed by atoms with Crippen LogP contribution < -0.4 is 0 Å². The number of halogens is 3. The van der Waals surface area contributed by atoms with Crippen LogP contribution in [0.5, 0.6) is 0 Å². The number of pyridine rings is 2. The molecule has 7 aromatic rings. The van der Waals surface area contributed by atoms with Gasteiger partial charge >= 0.3 is 11.9 Å². The minimum atomic E-state index is -1.00. The van der Waals surface area contributed by atoms with Gasteiger partial charge in [0.05, 0.1) is 33.5 Å². The third kappa shape index (κ3) is 7.53. The number of nitrogens with zero attached hydrogens (tertiary/aromatic N) is 4. The van der Waals surface area contributed by atoms with Gasteiger partial charge in [0.1, 0.15) is 11.6 Å². The van der Waals surface area contributed by atoms with Gasteiger partial charge in [-0.15, -0.1) is 0 Å². The number of aromatic nitrogens is 4. The highest BCUT2D eigenvalue weighted by molar-refractivity contribution is 9.10. The predicted molar refractivity (Wildman–Crippen MR) is 211 cm³/mol. The van der Waals surface area contributed by atoms with Crippen molar-refractivity contribution in [2.75, 3.05) is 0 Å². The standard InChI is InChI=1S/C25H20F2N2O2.C19H17BrN2O2/c1-29-7-6-16-8-14(9-20(24(16)29)19-5-4-18(26)12-22(19)27)10-23-21(25(30)31)11-17(13-28-23)15-2-3-15;1-22-5-4-13-6-11(7-16(20)18(13)22)8-17-15(19(23)24)9-14(10-21-17)12-2-3-12/h4-9,11-13,15H,2-3,10H2,1H3,(H,30,31);4-7,9-10,12H,2-3,8H2,1H3,(H,23,24). The lowest BCUT2D eigenvalue weighted by Crippen LogP contribution is -2.07. The average molecular weight is 804 g/mol. The van der Waals surface area contributed by atoms with Crippen LogP contribution in [-0.2, 0) is 26.9 Å². The molecule has 0 radical (unpaired) electrons. The Balaban J connectivity index is 0.000000160. The highest BCUT2D eigenvalue weighted by Crippen LogP contribution is 2.41. The molecule has 2 fully saturated rings. The maximum Gasteiger partial charge on any atom is 0.337 e. The van der Waals surface area contributed by atoms with Crippen molar-refractivity contribution < 1.29 is 28.6 Å². The Morgan fingerprint density at radius 2 is 1.20 bits per heavy atom. The van der Waals surface area contributed by atoms with Crippen molar-refractivity contribution in [2.24, 2.45) is 14.1 Å². The van der Waals surface area contributed by atoms with Crippen molar-refractivity contribution in [1.82, 2.24) is 19.1 Å². The second-order valence-electron chi connectivity index (χ2n) is 14.6. The van der Waals surface area contributed by atoms with Crippen LogP contribution in [0.4, 0.5) is 8.78 Å². The van der Waals surface area contributed by atoms with Crippen molar-refractivity contribution >= 4 is 49.7 Å². The molecule has 2 saturated carbocycles. The Kier molecular flexibility index (Phi) is 9.58. The number of carbonyl (C=O) groups is 2. The molecule has 11 heteroatoms. The van der Waals surface area contributed by atoms with Gasteiger partial charge in [-0.25, -0.2) is 18.4 Å². The fraction of sp³-hybridized carbons (Fsp3) is 0.227. The van der Waals surface area contributed by atoms with E-state index in [2.05, 4.69) is 42.6 Å². The van der Waals surface area contributed by atoms with E-state index in [1.807, 2.05) is 61.5 Å². The first-order chi connectivity index (χ1) is 26.4. The van der Waals surface area contributed by atoms with E-state index in [1.165, 1.54) is 12.1 Å². The van der Waals surface area contributed by atoms with E-state index in [4.69, 9.17) is 0 Å². The predicted octanol–water partition coefficient (Wildman–Crippen LogP) is 10.2. The van der Waals surface area contributed by atoms with Crippen LogP contribution in [-0.4, -0.2) is 41.3 Å². The normalized spacial score (nSPS) is 13.9. The van der Waals surface area contributed by atoms with E-state index in [0.717, 1.165) is 80.3 Å². The second-order valence-corrected chi connectivity index (χ2v) is 15.5. The van der Waals surface area contributed by atoms with Crippen LogP contribution in [0.15, 0.2) is 96.0 Å². The Morgan fingerprint density at radius 3 is 1.71 bits per heavy atom. The molecule has 0 saturated heterocycles. The van der Waals surface area contributed by atoms with E-state index in [9.17, 15) is 28.6 Å². The van der Waals surface area contributed by atoms with Crippen molar-refractivity contribution in [1.29, 1.82) is 0 Å². The number of aromatic carboxylic acids is 2.